The summed E-state index contributed by atoms with van der Waals surface area (Å²) in [5, 5.41) is 7.81. The Morgan fingerprint density at radius 3 is 2.80 bits per heavy atom. The molecule has 0 saturated heterocycles. The summed E-state index contributed by atoms with van der Waals surface area (Å²) < 4.78 is 10.4. The summed E-state index contributed by atoms with van der Waals surface area (Å²) in [5.41, 5.74) is 0.565. The van der Waals surface area contributed by atoms with Gasteiger partial charge in [-0.15, -0.1) is 0 Å². The van der Waals surface area contributed by atoms with Crippen LogP contribution in [0.3, 0.4) is 0 Å². The molecule has 2 rings (SSSR count). The van der Waals surface area contributed by atoms with Gasteiger partial charge in [0.1, 0.15) is 6.04 Å². The van der Waals surface area contributed by atoms with Crippen LogP contribution in [0.2, 0.25) is 0 Å². The maximum Gasteiger partial charge on any atom is 0.319 e. The number of amides is 3. The van der Waals surface area contributed by atoms with Crippen LogP contribution in [0.4, 0.5) is 10.5 Å². The number of carbonyl (C=O) groups is 2. The Labute approximate surface area is 116 Å². The zero-order chi connectivity index (χ0) is 14.5. The first-order valence-electron chi connectivity index (χ1n) is 6.35. The molecule has 108 valence electrons. The highest BCUT2D eigenvalue weighted by atomic mass is 16.7. The van der Waals surface area contributed by atoms with Gasteiger partial charge in [0.05, 0.1) is 0 Å². The van der Waals surface area contributed by atoms with Crippen molar-refractivity contribution in [2.24, 2.45) is 0 Å². The van der Waals surface area contributed by atoms with Gasteiger partial charge >= 0.3 is 6.03 Å². The van der Waals surface area contributed by atoms with Crippen molar-refractivity contribution in [1.82, 2.24) is 10.6 Å². The number of carbonyl (C=O) groups excluding carboxylic acids is 2. The highest BCUT2D eigenvalue weighted by Gasteiger charge is 2.16. The van der Waals surface area contributed by atoms with Crippen molar-refractivity contribution >= 4 is 17.6 Å². The van der Waals surface area contributed by atoms with Crippen LogP contribution in [-0.4, -0.2) is 31.3 Å². The van der Waals surface area contributed by atoms with E-state index in [1.54, 1.807) is 25.1 Å². The predicted octanol–water partition coefficient (Wildman–Crippen LogP) is 1.06. The lowest BCUT2D eigenvalue weighted by Gasteiger charge is -2.14. The summed E-state index contributed by atoms with van der Waals surface area (Å²) in [4.78, 5) is 23.3. The Balaban J connectivity index is 1.90. The van der Waals surface area contributed by atoms with Gasteiger partial charge < -0.3 is 25.4 Å². The molecule has 1 aromatic rings. The number of anilines is 1. The van der Waals surface area contributed by atoms with Gasteiger partial charge in [0.25, 0.3) is 0 Å². The molecule has 20 heavy (non-hydrogen) atoms. The minimum atomic E-state index is -0.607. The van der Waals surface area contributed by atoms with E-state index in [1.807, 2.05) is 6.92 Å². The average molecular weight is 279 g/mol. The molecular formula is C13H17N3O4. The van der Waals surface area contributed by atoms with Crippen molar-refractivity contribution in [2.75, 3.05) is 18.7 Å². The molecule has 0 spiro atoms. The van der Waals surface area contributed by atoms with Crippen molar-refractivity contribution < 1.29 is 19.1 Å². The van der Waals surface area contributed by atoms with E-state index in [2.05, 4.69) is 16.0 Å². The summed E-state index contributed by atoms with van der Waals surface area (Å²) in [6.45, 7) is 4.13. The largest absolute Gasteiger partial charge is 0.454 e. The molecule has 1 atom stereocenters. The van der Waals surface area contributed by atoms with Crippen LogP contribution in [0, 0.1) is 0 Å². The Morgan fingerprint density at radius 1 is 1.30 bits per heavy atom. The fraction of sp³-hybridized carbons (Fsp3) is 0.385. The van der Waals surface area contributed by atoms with Crippen LogP contribution in [0.1, 0.15) is 13.8 Å². The summed E-state index contributed by atoms with van der Waals surface area (Å²) in [6.07, 6.45) is 0. The van der Waals surface area contributed by atoms with E-state index < -0.39 is 12.1 Å². The fourth-order valence-corrected chi connectivity index (χ4v) is 1.73. The van der Waals surface area contributed by atoms with E-state index in [1.165, 1.54) is 0 Å². The molecule has 1 aliphatic rings. The molecule has 7 heteroatoms. The first kappa shape index (κ1) is 14.0. The molecule has 0 bridgehead atoms. The standard InChI is InChI=1S/C13H17N3O4/c1-3-14-12(17)8(2)15-13(18)16-9-4-5-10-11(6-9)20-7-19-10/h4-6,8H,3,7H2,1-2H3,(H,14,17)(H2,15,16,18). The number of fused-ring (bicyclic) bond motifs is 1. The molecule has 1 aromatic carbocycles. The van der Waals surface area contributed by atoms with Gasteiger partial charge in [-0.25, -0.2) is 4.79 Å². The molecule has 1 heterocycles. The number of rotatable bonds is 4. The SMILES string of the molecule is CCNC(=O)C(C)NC(=O)Nc1ccc2c(c1)OCO2. The second-order valence-electron chi connectivity index (χ2n) is 4.28. The van der Waals surface area contributed by atoms with Gasteiger partial charge in [0, 0.05) is 18.3 Å². The molecule has 0 saturated carbocycles. The van der Waals surface area contributed by atoms with Crippen LogP contribution in [0.25, 0.3) is 0 Å². The predicted molar refractivity (Wildman–Crippen MR) is 72.9 cm³/mol. The summed E-state index contributed by atoms with van der Waals surface area (Å²) in [6, 6.07) is 4.01. The number of hydrogen-bond acceptors (Lipinski definition) is 4. The maximum absolute atomic E-state index is 11.8. The van der Waals surface area contributed by atoms with Gasteiger partial charge in [0.15, 0.2) is 11.5 Å². The molecule has 0 fully saturated rings. The van der Waals surface area contributed by atoms with Crippen molar-refractivity contribution in [3.8, 4) is 11.5 Å². The molecule has 7 nitrogen and oxygen atoms in total. The van der Waals surface area contributed by atoms with Crippen molar-refractivity contribution in [1.29, 1.82) is 0 Å². The van der Waals surface area contributed by atoms with Crippen molar-refractivity contribution in [2.45, 2.75) is 19.9 Å². The highest BCUT2D eigenvalue weighted by Crippen LogP contribution is 2.34. The van der Waals surface area contributed by atoms with Crippen molar-refractivity contribution in [3.05, 3.63) is 18.2 Å². The van der Waals surface area contributed by atoms with Gasteiger partial charge in [-0.2, -0.15) is 0 Å². The number of urea groups is 1. The Kier molecular flexibility index (Phi) is 4.29. The summed E-state index contributed by atoms with van der Waals surface area (Å²) >= 11 is 0. The monoisotopic (exact) mass is 279 g/mol. The molecular weight excluding hydrogens is 262 g/mol. The highest BCUT2D eigenvalue weighted by molar-refractivity contribution is 5.93. The van der Waals surface area contributed by atoms with E-state index in [9.17, 15) is 9.59 Å². The smallest absolute Gasteiger partial charge is 0.319 e. The van der Waals surface area contributed by atoms with Gasteiger partial charge in [0.2, 0.25) is 12.7 Å². The number of nitrogens with one attached hydrogen (secondary N) is 3. The second kappa shape index (κ2) is 6.14. The summed E-state index contributed by atoms with van der Waals surface area (Å²) in [7, 11) is 0. The number of ether oxygens (including phenoxy) is 2. The molecule has 3 N–H and O–H groups in total. The van der Waals surface area contributed by atoms with Crippen LogP contribution in [-0.2, 0) is 4.79 Å². The Bertz CT molecular complexity index is 518. The van der Waals surface area contributed by atoms with E-state index >= 15 is 0 Å². The molecule has 1 aliphatic heterocycles. The minimum absolute atomic E-state index is 0.180. The normalized spacial score (nSPS) is 13.5. The zero-order valence-electron chi connectivity index (χ0n) is 11.4. The van der Waals surface area contributed by atoms with Crippen LogP contribution in [0.15, 0.2) is 18.2 Å². The molecule has 1 unspecified atom stereocenters. The maximum atomic E-state index is 11.8. The van der Waals surface area contributed by atoms with Crippen LogP contribution in [0.5, 0.6) is 11.5 Å². The Hall–Kier alpha value is -2.44. The van der Waals surface area contributed by atoms with E-state index in [0.717, 1.165) is 0 Å². The lowest BCUT2D eigenvalue weighted by Crippen LogP contribution is -2.46. The molecule has 0 radical (unpaired) electrons. The van der Waals surface area contributed by atoms with Crippen LogP contribution < -0.4 is 25.4 Å². The van der Waals surface area contributed by atoms with E-state index in [4.69, 9.17) is 9.47 Å². The lowest BCUT2D eigenvalue weighted by atomic mass is 10.3. The zero-order valence-corrected chi connectivity index (χ0v) is 11.4. The fourth-order valence-electron chi connectivity index (χ4n) is 1.73. The summed E-state index contributed by atoms with van der Waals surface area (Å²) in [5.74, 6) is 1.000. The van der Waals surface area contributed by atoms with Gasteiger partial charge in [-0.05, 0) is 26.0 Å². The number of likely N-dealkylation sites (N-methyl/N-ethyl adjacent to an activating group) is 1. The van der Waals surface area contributed by atoms with E-state index in [0.29, 0.717) is 23.7 Å². The van der Waals surface area contributed by atoms with E-state index in [-0.39, 0.29) is 12.7 Å². The number of hydrogen-bond donors (Lipinski definition) is 3. The van der Waals surface area contributed by atoms with Gasteiger partial charge in [-0.1, -0.05) is 0 Å². The second-order valence-corrected chi connectivity index (χ2v) is 4.28. The van der Waals surface area contributed by atoms with Gasteiger partial charge in [-0.3, -0.25) is 4.79 Å². The molecule has 0 aliphatic carbocycles. The van der Waals surface area contributed by atoms with Crippen molar-refractivity contribution in [3.63, 3.8) is 0 Å². The molecule has 3 amide bonds. The third-order valence-corrected chi connectivity index (χ3v) is 2.72. The Morgan fingerprint density at radius 2 is 2.05 bits per heavy atom. The topological polar surface area (TPSA) is 88.7 Å². The minimum Gasteiger partial charge on any atom is -0.454 e. The third kappa shape index (κ3) is 3.31. The first-order chi connectivity index (χ1) is 9.60. The quantitative estimate of drug-likeness (QED) is 0.769. The lowest BCUT2D eigenvalue weighted by molar-refractivity contribution is -0.122. The number of benzene rings is 1. The third-order valence-electron chi connectivity index (χ3n) is 2.72. The first-order valence-corrected chi connectivity index (χ1v) is 6.35. The average Bonchev–Trinajstić information content (AvgIpc) is 2.86. The van der Waals surface area contributed by atoms with Crippen LogP contribution >= 0.6 is 0 Å². The molecule has 0 aromatic heterocycles.